The molecule has 2 aromatic rings. The van der Waals surface area contributed by atoms with E-state index in [2.05, 4.69) is 4.98 Å². The number of hydrogen-bond donors (Lipinski definition) is 1. The number of ketones is 1. The predicted octanol–water partition coefficient (Wildman–Crippen LogP) is 2.30. The van der Waals surface area contributed by atoms with Crippen LogP contribution in [-0.4, -0.2) is 32.1 Å². The van der Waals surface area contributed by atoms with E-state index in [1.807, 2.05) is 0 Å². The molecule has 0 aliphatic heterocycles. The lowest BCUT2D eigenvalue weighted by Gasteiger charge is -2.08. The van der Waals surface area contributed by atoms with Gasteiger partial charge in [-0.3, -0.25) is 9.59 Å². The van der Waals surface area contributed by atoms with Crippen LogP contribution in [0.5, 0.6) is 17.2 Å². The first-order valence-corrected chi connectivity index (χ1v) is 6.80. The van der Waals surface area contributed by atoms with Crippen LogP contribution in [0.2, 0.25) is 0 Å². The maximum Gasteiger partial charge on any atom is 0.223 e. The minimum absolute atomic E-state index is 0.216. The van der Waals surface area contributed by atoms with E-state index >= 15 is 0 Å². The van der Waals surface area contributed by atoms with Gasteiger partial charge in [-0.2, -0.15) is 0 Å². The van der Waals surface area contributed by atoms with Gasteiger partial charge in [0, 0.05) is 23.5 Å². The van der Waals surface area contributed by atoms with Gasteiger partial charge in [0.2, 0.25) is 5.43 Å². The predicted molar refractivity (Wildman–Crippen MR) is 86.5 cm³/mol. The van der Waals surface area contributed by atoms with Crippen LogP contribution < -0.4 is 19.6 Å². The summed E-state index contributed by atoms with van der Waals surface area (Å²) in [7, 11) is 4.45. The van der Waals surface area contributed by atoms with E-state index < -0.39 is 0 Å². The third kappa shape index (κ3) is 3.79. The van der Waals surface area contributed by atoms with Gasteiger partial charge in [0.05, 0.1) is 21.3 Å². The van der Waals surface area contributed by atoms with Crippen molar-refractivity contribution in [3.8, 4) is 17.2 Å². The lowest BCUT2D eigenvalue weighted by atomic mass is 10.1. The molecule has 120 valence electrons. The van der Waals surface area contributed by atoms with Crippen molar-refractivity contribution in [2.24, 2.45) is 0 Å². The van der Waals surface area contributed by atoms with Gasteiger partial charge in [-0.1, -0.05) is 0 Å². The van der Waals surface area contributed by atoms with Crippen molar-refractivity contribution in [3.63, 3.8) is 0 Å². The monoisotopic (exact) mass is 315 g/mol. The molecular weight excluding hydrogens is 298 g/mol. The standard InChI is InChI=1S/C17H17NO5/c1-21-15-7-4-11(8-16(15)22-2)13(19)6-5-12-9-14(20)17(23-3)10-18-12/h4-10H,1-3H3,(H,18,20)/b6-5+. The van der Waals surface area contributed by atoms with E-state index in [-0.39, 0.29) is 17.0 Å². The number of H-pyrrole nitrogens is 1. The highest BCUT2D eigenvalue weighted by Crippen LogP contribution is 2.27. The normalized spacial score (nSPS) is 10.6. The highest BCUT2D eigenvalue weighted by molar-refractivity contribution is 6.07. The van der Waals surface area contributed by atoms with Gasteiger partial charge in [0.25, 0.3) is 0 Å². The second-order valence-corrected chi connectivity index (χ2v) is 4.59. The van der Waals surface area contributed by atoms with Crippen LogP contribution in [0.15, 0.2) is 41.3 Å². The van der Waals surface area contributed by atoms with Gasteiger partial charge in [0.15, 0.2) is 23.0 Å². The molecule has 1 aromatic carbocycles. The number of nitrogens with one attached hydrogen (secondary N) is 1. The van der Waals surface area contributed by atoms with Crippen LogP contribution in [0.1, 0.15) is 16.1 Å². The first kappa shape index (κ1) is 16.4. The smallest absolute Gasteiger partial charge is 0.223 e. The van der Waals surface area contributed by atoms with E-state index in [1.165, 1.54) is 45.7 Å². The fourth-order valence-corrected chi connectivity index (χ4v) is 1.98. The summed E-state index contributed by atoms with van der Waals surface area (Å²) in [5, 5.41) is 0. The summed E-state index contributed by atoms with van der Waals surface area (Å²) >= 11 is 0. The zero-order valence-corrected chi connectivity index (χ0v) is 13.1. The quantitative estimate of drug-likeness (QED) is 0.654. The third-order valence-electron chi connectivity index (χ3n) is 3.20. The Bertz CT molecular complexity index is 792. The van der Waals surface area contributed by atoms with Crippen molar-refractivity contribution in [2.45, 2.75) is 0 Å². The number of aromatic amines is 1. The Morgan fingerprint density at radius 2 is 1.70 bits per heavy atom. The van der Waals surface area contributed by atoms with Crippen molar-refractivity contribution in [2.75, 3.05) is 21.3 Å². The fraction of sp³-hybridized carbons (Fsp3) is 0.176. The molecule has 6 nitrogen and oxygen atoms in total. The number of methoxy groups -OCH3 is 3. The van der Waals surface area contributed by atoms with E-state index in [1.54, 1.807) is 18.2 Å². The van der Waals surface area contributed by atoms with Gasteiger partial charge >= 0.3 is 0 Å². The van der Waals surface area contributed by atoms with Gasteiger partial charge in [-0.25, -0.2) is 0 Å². The average molecular weight is 315 g/mol. The van der Waals surface area contributed by atoms with E-state index in [0.29, 0.717) is 22.8 Å². The molecule has 0 aliphatic carbocycles. The first-order valence-electron chi connectivity index (χ1n) is 6.80. The molecule has 1 N–H and O–H groups in total. The zero-order valence-electron chi connectivity index (χ0n) is 13.1. The lowest BCUT2D eigenvalue weighted by molar-refractivity contribution is 0.104. The highest BCUT2D eigenvalue weighted by Gasteiger charge is 2.08. The van der Waals surface area contributed by atoms with E-state index in [4.69, 9.17) is 14.2 Å². The Labute approximate surface area is 133 Å². The zero-order chi connectivity index (χ0) is 16.8. The molecule has 0 spiro atoms. The second-order valence-electron chi connectivity index (χ2n) is 4.59. The molecule has 0 aliphatic rings. The number of allylic oxidation sites excluding steroid dienone is 1. The van der Waals surface area contributed by atoms with Gasteiger partial charge < -0.3 is 19.2 Å². The molecule has 0 radical (unpaired) electrons. The number of pyridine rings is 1. The van der Waals surface area contributed by atoms with Crippen molar-refractivity contribution in [1.82, 2.24) is 4.98 Å². The maximum absolute atomic E-state index is 12.2. The first-order chi connectivity index (χ1) is 11.1. The summed E-state index contributed by atoms with van der Waals surface area (Å²) in [4.78, 5) is 26.7. The van der Waals surface area contributed by atoms with Crippen molar-refractivity contribution >= 4 is 11.9 Å². The summed E-state index contributed by atoms with van der Waals surface area (Å²) in [6, 6.07) is 6.26. The largest absolute Gasteiger partial charge is 0.493 e. The summed E-state index contributed by atoms with van der Waals surface area (Å²) in [6.07, 6.45) is 4.35. The summed E-state index contributed by atoms with van der Waals surface area (Å²) < 4.78 is 15.2. The van der Waals surface area contributed by atoms with Crippen molar-refractivity contribution in [1.29, 1.82) is 0 Å². The number of benzene rings is 1. The number of rotatable bonds is 6. The number of carbonyl (C=O) groups excluding carboxylic acids is 1. The molecule has 1 heterocycles. The third-order valence-corrected chi connectivity index (χ3v) is 3.20. The summed E-state index contributed by atoms with van der Waals surface area (Å²) in [6.45, 7) is 0. The Morgan fingerprint density at radius 3 is 2.30 bits per heavy atom. The number of aromatic nitrogens is 1. The van der Waals surface area contributed by atoms with Crippen LogP contribution in [0, 0.1) is 0 Å². The van der Waals surface area contributed by atoms with Crippen molar-refractivity contribution in [3.05, 3.63) is 58.0 Å². The fourth-order valence-electron chi connectivity index (χ4n) is 1.98. The van der Waals surface area contributed by atoms with E-state index in [0.717, 1.165) is 0 Å². The molecule has 0 atom stereocenters. The Hall–Kier alpha value is -3.02. The molecular formula is C17H17NO5. The Kier molecular flexibility index (Phi) is 5.19. The lowest BCUT2D eigenvalue weighted by Crippen LogP contribution is -2.05. The van der Waals surface area contributed by atoms with Crippen molar-refractivity contribution < 1.29 is 19.0 Å². The minimum Gasteiger partial charge on any atom is -0.493 e. The summed E-state index contributed by atoms with van der Waals surface area (Å²) in [5.41, 5.74) is 0.698. The van der Waals surface area contributed by atoms with Gasteiger partial charge in [0.1, 0.15) is 0 Å². The second kappa shape index (κ2) is 7.31. The Balaban J connectivity index is 2.21. The molecule has 0 unspecified atom stereocenters. The molecule has 0 bridgehead atoms. The summed E-state index contributed by atoms with van der Waals surface area (Å²) in [5.74, 6) is 1.02. The number of hydrogen-bond acceptors (Lipinski definition) is 5. The van der Waals surface area contributed by atoms with Gasteiger partial charge in [-0.05, 0) is 30.4 Å². The van der Waals surface area contributed by atoms with Gasteiger partial charge in [-0.15, -0.1) is 0 Å². The SMILES string of the molecule is COc1ccc(C(=O)/C=C/c2cc(=O)c(OC)c[nH]2)cc1OC. The molecule has 6 heteroatoms. The van der Waals surface area contributed by atoms with Crippen LogP contribution in [0.25, 0.3) is 6.08 Å². The Morgan fingerprint density at radius 1 is 1.00 bits per heavy atom. The average Bonchev–Trinajstić information content (AvgIpc) is 2.59. The molecule has 1 aromatic heterocycles. The van der Waals surface area contributed by atoms with Crippen LogP contribution in [0.3, 0.4) is 0 Å². The molecule has 0 fully saturated rings. The molecule has 23 heavy (non-hydrogen) atoms. The number of ether oxygens (including phenoxy) is 3. The van der Waals surface area contributed by atoms with Crippen LogP contribution in [-0.2, 0) is 0 Å². The minimum atomic E-state index is -0.260. The van der Waals surface area contributed by atoms with E-state index in [9.17, 15) is 9.59 Å². The topological polar surface area (TPSA) is 77.6 Å². The molecule has 0 amide bonds. The maximum atomic E-state index is 12.2. The molecule has 0 saturated heterocycles. The van der Waals surface area contributed by atoms with Crippen LogP contribution >= 0.6 is 0 Å². The highest BCUT2D eigenvalue weighted by atomic mass is 16.5. The van der Waals surface area contributed by atoms with Crippen LogP contribution in [0.4, 0.5) is 0 Å². The molecule has 2 rings (SSSR count). The number of carbonyl (C=O) groups is 1. The molecule has 0 saturated carbocycles.